The van der Waals surface area contributed by atoms with Gasteiger partial charge in [-0.25, -0.2) is 0 Å². The van der Waals surface area contributed by atoms with E-state index in [9.17, 15) is 0 Å². The number of rotatable bonds is 6. The van der Waals surface area contributed by atoms with Crippen LogP contribution in [0.25, 0.3) is 0 Å². The van der Waals surface area contributed by atoms with Gasteiger partial charge < -0.3 is 14.6 Å². The van der Waals surface area contributed by atoms with Gasteiger partial charge in [-0.1, -0.05) is 0 Å². The predicted molar refractivity (Wildman–Crippen MR) is 82.8 cm³/mol. The Kier molecular flexibility index (Phi) is 5.01. The van der Waals surface area contributed by atoms with Gasteiger partial charge in [0.15, 0.2) is 0 Å². The molecule has 0 saturated carbocycles. The number of hydrogen-bond donors (Lipinski definition) is 1. The molecule has 20 heavy (non-hydrogen) atoms. The molecular formula is C14H21BrN4O. The van der Waals surface area contributed by atoms with Crippen LogP contribution in [0.5, 0.6) is 0 Å². The lowest BCUT2D eigenvalue weighted by Crippen LogP contribution is -2.25. The maximum absolute atomic E-state index is 5.64. The Morgan fingerprint density at radius 1 is 1.50 bits per heavy atom. The summed E-state index contributed by atoms with van der Waals surface area (Å²) >= 11 is 3.60. The summed E-state index contributed by atoms with van der Waals surface area (Å²) in [6.45, 7) is 3.83. The Labute approximate surface area is 128 Å². The molecule has 0 bridgehead atoms. The number of aryl methyl sites for hydroxylation is 1. The standard InChI is InChI=1S/C14H21BrN4O/c1-10-5-8-20-14(10)12(16-2)13-11(15)9-17-19(13)7-6-18(3)4/h5,8-9,12,16H,6-7H2,1-4H3. The van der Waals surface area contributed by atoms with E-state index in [-0.39, 0.29) is 6.04 Å². The zero-order valence-electron chi connectivity index (χ0n) is 12.4. The predicted octanol–water partition coefficient (Wildman–Crippen LogP) is 2.42. The lowest BCUT2D eigenvalue weighted by molar-refractivity contribution is 0.361. The highest BCUT2D eigenvalue weighted by Crippen LogP contribution is 2.30. The van der Waals surface area contributed by atoms with Crippen molar-refractivity contribution in [2.45, 2.75) is 19.5 Å². The Balaban J connectivity index is 2.34. The minimum absolute atomic E-state index is 0.0102. The highest BCUT2D eigenvalue weighted by atomic mass is 79.9. The first-order valence-corrected chi connectivity index (χ1v) is 7.41. The van der Waals surface area contributed by atoms with Crippen molar-refractivity contribution in [3.05, 3.63) is 40.0 Å². The summed E-state index contributed by atoms with van der Waals surface area (Å²) in [5.74, 6) is 0.930. The molecular weight excluding hydrogens is 320 g/mol. The van der Waals surface area contributed by atoms with Crippen LogP contribution in [0.3, 0.4) is 0 Å². The Hall–Kier alpha value is -1.11. The molecule has 0 aliphatic carbocycles. The van der Waals surface area contributed by atoms with Crippen molar-refractivity contribution in [2.24, 2.45) is 0 Å². The molecule has 6 heteroatoms. The molecule has 0 amide bonds. The van der Waals surface area contributed by atoms with Crippen LogP contribution < -0.4 is 5.32 Å². The Bertz CT molecular complexity index is 561. The van der Waals surface area contributed by atoms with Crippen molar-refractivity contribution in [2.75, 3.05) is 27.7 Å². The number of furan rings is 1. The molecule has 1 atom stereocenters. The van der Waals surface area contributed by atoms with Gasteiger partial charge in [0, 0.05) is 6.54 Å². The van der Waals surface area contributed by atoms with Gasteiger partial charge in [-0.15, -0.1) is 0 Å². The first-order valence-electron chi connectivity index (χ1n) is 6.61. The SMILES string of the molecule is CNC(c1occc1C)c1c(Br)cnn1CCN(C)C. The molecule has 0 fully saturated rings. The van der Waals surface area contributed by atoms with E-state index in [1.165, 1.54) is 0 Å². The highest BCUT2D eigenvalue weighted by Gasteiger charge is 2.24. The third kappa shape index (κ3) is 3.13. The van der Waals surface area contributed by atoms with E-state index in [1.807, 2.05) is 24.0 Å². The quantitative estimate of drug-likeness (QED) is 0.877. The molecule has 0 spiro atoms. The molecule has 0 aromatic carbocycles. The molecule has 2 heterocycles. The topological polar surface area (TPSA) is 46.2 Å². The normalized spacial score (nSPS) is 13.1. The Morgan fingerprint density at radius 2 is 2.25 bits per heavy atom. The second kappa shape index (κ2) is 6.56. The van der Waals surface area contributed by atoms with E-state index >= 15 is 0 Å². The number of likely N-dealkylation sites (N-methyl/N-ethyl adjacent to an activating group) is 1. The maximum atomic E-state index is 5.64. The van der Waals surface area contributed by atoms with Gasteiger partial charge in [0.25, 0.3) is 0 Å². The van der Waals surface area contributed by atoms with Crippen molar-refractivity contribution < 1.29 is 4.42 Å². The van der Waals surface area contributed by atoms with E-state index in [4.69, 9.17) is 4.42 Å². The number of aromatic nitrogens is 2. The van der Waals surface area contributed by atoms with Crippen LogP contribution in [0.2, 0.25) is 0 Å². The van der Waals surface area contributed by atoms with Crippen molar-refractivity contribution in [3.8, 4) is 0 Å². The second-order valence-electron chi connectivity index (χ2n) is 5.09. The van der Waals surface area contributed by atoms with Gasteiger partial charge in [-0.2, -0.15) is 5.10 Å². The maximum Gasteiger partial charge on any atom is 0.129 e. The van der Waals surface area contributed by atoms with Gasteiger partial charge in [0.2, 0.25) is 0 Å². The van der Waals surface area contributed by atoms with Crippen LogP contribution in [0.15, 0.2) is 27.4 Å². The molecule has 0 saturated heterocycles. The minimum atomic E-state index is -0.0102. The summed E-state index contributed by atoms with van der Waals surface area (Å²) < 4.78 is 8.65. The van der Waals surface area contributed by atoms with Crippen LogP contribution in [0.4, 0.5) is 0 Å². The minimum Gasteiger partial charge on any atom is -0.467 e. The van der Waals surface area contributed by atoms with Crippen molar-refractivity contribution in [3.63, 3.8) is 0 Å². The molecule has 5 nitrogen and oxygen atoms in total. The average molecular weight is 341 g/mol. The first-order chi connectivity index (χ1) is 9.54. The number of halogens is 1. The smallest absolute Gasteiger partial charge is 0.129 e. The van der Waals surface area contributed by atoms with Gasteiger partial charge in [0.1, 0.15) is 11.8 Å². The number of hydrogen-bond acceptors (Lipinski definition) is 4. The molecule has 2 aromatic rings. The van der Waals surface area contributed by atoms with Crippen molar-refractivity contribution >= 4 is 15.9 Å². The molecule has 2 rings (SSSR count). The third-order valence-electron chi connectivity index (χ3n) is 3.32. The van der Waals surface area contributed by atoms with Gasteiger partial charge in [-0.05, 0) is 55.6 Å². The second-order valence-corrected chi connectivity index (χ2v) is 5.95. The first kappa shape index (κ1) is 15.3. The van der Waals surface area contributed by atoms with Crippen molar-refractivity contribution in [1.29, 1.82) is 0 Å². The molecule has 2 aromatic heterocycles. The zero-order valence-corrected chi connectivity index (χ0v) is 13.9. The average Bonchev–Trinajstić information content (AvgIpc) is 2.97. The van der Waals surface area contributed by atoms with Crippen LogP contribution >= 0.6 is 15.9 Å². The summed E-state index contributed by atoms with van der Waals surface area (Å²) in [4.78, 5) is 2.14. The summed E-state index contributed by atoms with van der Waals surface area (Å²) in [5.41, 5.74) is 2.23. The lowest BCUT2D eigenvalue weighted by Gasteiger charge is -2.19. The Morgan fingerprint density at radius 3 is 2.80 bits per heavy atom. The molecule has 110 valence electrons. The van der Waals surface area contributed by atoms with Gasteiger partial charge >= 0.3 is 0 Å². The highest BCUT2D eigenvalue weighted by molar-refractivity contribution is 9.10. The van der Waals surface area contributed by atoms with E-state index in [2.05, 4.69) is 52.3 Å². The van der Waals surface area contributed by atoms with Crippen LogP contribution in [0, 0.1) is 6.92 Å². The van der Waals surface area contributed by atoms with E-state index in [0.29, 0.717) is 0 Å². The summed E-state index contributed by atoms with van der Waals surface area (Å²) in [6, 6.07) is 1.97. The zero-order chi connectivity index (χ0) is 14.7. The van der Waals surface area contributed by atoms with Crippen LogP contribution in [0.1, 0.15) is 23.1 Å². The van der Waals surface area contributed by atoms with Gasteiger partial charge in [-0.3, -0.25) is 4.68 Å². The van der Waals surface area contributed by atoms with E-state index < -0.39 is 0 Å². The van der Waals surface area contributed by atoms with Crippen LogP contribution in [-0.2, 0) is 6.54 Å². The molecule has 0 aliphatic rings. The molecule has 0 aliphatic heterocycles. The fourth-order valence-electron chi connectivity index (χ4n) is 2.20. The number of nitrogens with zero attached hydrogens (tertiary/aromatic N) is 3. The third-order valence-corrected chi connectivity index (χ3v) is 3.93. The monoisotopic (exact) mass is 340 g/mol. The van der Waals surface area contributed by atoms with Crippen LogP contribution in [-0.4, -0.2) is 42.4 Å². The fraction of sp³-hybridized carbons (Fsp3) is 0.500. The lowest BCUT2D eigenvalue weighted by atomic mass is 10.1. The summed E-state index contributed by atoms with van der Waals surface area (Å²) in [6.07, 6.45) is 3.57. The molecule has 1 unspecified atom stereocenters. The fourth-order valence-corrected chi connectivity index (χ4v) is 2.73. The summed E-state index contributed by atoms with van der Waals surface area (Å²) in [7, 11) is 6.05. The van der Waals surface area contributed by atoms with Gasteiger partial charge in [0.05, 0.1) is 29.2 Å². The molecule has 0 radical (unpaired) electrons. The summed E-state index contributed by atoms with van der Waals surface area (Å²) in [5, 5.41) is 7.78. The van der Waals surface area contributed by atoms with E-state index in [1.54, 1.807) is 6.26 Å². The van der Waals surface area contributed by atoms with E-state index in [0.717, 1.165) is 34.6 Å². The van der Waals surface area contributed by atoms with Crippen molar-refractivity contribution in [1.82, 2.24) is 20.0 Å². The largest absolute Gasteiger partial charge is 0.467 e. The number of nitrogens with one attached hydrogen (secondary N) is 1. The molecule has 1 N–H and O–H groups in total.